The summed E-state index contributed by atoms with van der Waals surface area (Å²) in [6.07, 6.45) is 4.19. The van der Waals surface area contributed by atoms with E-state index >= 15 is 0 Å². The van der Waals surface area contributed by atoms with Crippen LogP contribution in [0.2, 0.25) is 18.6 Å². The number of unbranched alkanes of at least 4 members (excludes halogenated alkanes) is 1. The minimum atomic E-state index is -1.50. The molecule has 3 atom stereocenters. The number of ether oxygens (including phenoxy) is 1. The quantitative estimate of drug-likeness (QED) is 0.537. The zero-order valence-electron chi connectivity index (χ0n) is 15.9. The average molecular weight is 353 g/mol. The summed E-state index contributed by atoms with van der Waals surface area (Å²) in [5.41, 5.74) is 3.66. The van der Waals surface area contributed by atoms with Gasteiger partial charge in [-0.25, -0.2) is 0 Å². The number of hydrogen-bond donors (Lipinski definition) is 0. The topological polar surface area (TPSA) is 9.23 Å². The van der Waals surface area contributed by atoms with Gasteiger partial charge in [-0.3, -0.25) is 0 Å². The fourth-order valence-electron chi connectivity index (χ4n) is 4.65. The molecule has 25 heavy (non-hydrogen) atoms. The molecule has 1 aliphatic rings. The molecule has 0 aliphatic carbocycles. The summed E-state index contributed by atoms with van der Waals surface area (Å²) in [4.78, 5) is 0. The van der Waals surface area contributed by atoms with E-state index in [1.54, 1.807) is 0 Å². The molecule has 0 spiro atoms. The van der Waals surface area contributed by atoms with Crippen LogP contribution in [0.25, 0.3) is 0 Å². The summed E-state index contributed by atoms with van der Waals surface area (Å²) in [5.74, 6) is 0.563. The summed E-state index contributed by atoms with van der Waals surface area (Å²) >= 11 is 0. The molecule has 0 aromatic heterocycles. The molecule has 0 amide bonds. The maximum absolute atomic E-state index is 6.39. The van der Waals surface area contributed by atoms with Crippen LogP contribution in [0.15, 0.2) is 60.7 Å². The monoisotopic (exact) mass is 352 g/mol. The van der Waals surface area contributed by atoms with Crippen molar-refractivity contribution in [3.05, 3.63) is 71.8 Å². The Hall–Kier alpha value is -1.38. The SMILES string of the molecule is CCCC[C@H]1OCC(c2ccccc2)[C@@H]1[Si](C)(C)Cc1ccccc1. The third-order valence-corrected chi connectivity index (χ3v) is 9.70. The molecular formula is C23H32OSi. The highest BCUT2D eigenvalue weighted by molar-refractivity contribution is 6.78. The Morgan fingerprint density at radius 2 is 1.60 bits per heavy atom. The van der Waals surface area contributed by atoms with Gasteiger partial charge in [-0.15, -0.1) is 0 Å². The first-order valence-corrected chi connectivity index (χ1v) is 13.1. The van der Waals surface area contributed by atoms with Crippen LogP contribution in [-0.4, -0.2) is 20.8 Å². The van der Waals surface area contributed by atoms with Crippen LogP contribution in [0.3, 0.4) is 0 Å². The van der Waals surface area contributed by atoms with Gasteiger partial charge in [0.2, 0.25) is 0 Å². The van der Waals surface area contributed by atoms with E-state index in [4.69, 9.17) is 4.74 Å². The largest absolute Gasteiger partial charge is 0.378 e. The van der Waals surface area contributed by atoms with Crippen LogP contribution < -0.4 is 0 Å². The van der Waals surface area contributed by atoms with Crippen molar-refractivity contribution in [3.63, 3.8) is 0 Å². The molecule has 0 bridgehead atoms. The minimum absolute atomic E-state index is 0.440. The summed E-state index contributed by atoms with van der Waals surface area (Å²) in [6, 6.07) is 23.4. The highest BCUT2D eigenvalue weighted by Crippen LogP contribution is 2.48. The Kier molecular flexibility index (Phi) is 6.13. The van der Waals surface area contributed by atoms with Crippen LogP contribution in [0.5, 0.6) is 0 Å². The molecule has 0 radical (unpaired) electrons. The van der Waals surface area contributed by atoms with Crippen molar-refractivity contribution >= 4 is 8.07 Å². The fraction of sp³-hybridized carbons (Fsp3) is 0.478. The van der Waals surface area contributed by atoms with Crippen molar-refractivity contribution < 1.29 is 4.74 Å². The molecule has 2 aromatic rings. The lowest BCUT2D eigenvalue weighted by atomic mass is 9.94. The predicted molar refractivity (Wildman–Crippen MR) is 110 cm³/mol. The van der Waals surface area contributed by atoms with Crippen LogP contribution in [0.4, 0.5) is 0 Å². The van der Waals surface area contributed by atoms with E-state index in [-0.39, 0.29) is 0 Å². The van der Waals surface area contributed by atoms with Crippen molar-refractivity contribution in [1.82, 2.24) is 0 Å². The molecule has 1 nitrogen and oxygen atoms in total. The summed E-state index contributed by atoms with van der Waals surface area (Å²) in [7, 11) is -1.50. The van der Waals surface area contributed by atoms with Gasteiger partial charge in [0.15, 0.2) is 0 Å². The van der Waals surface area contributed by atoms with Gasteiger partial charge in [0, 0.05) is 5.92 Å². The molecule has 1 unspecified atom stereocenters. The molecule has 2 aromatic carbocycles. The van der Waals surface area contributed by atoms with Gasteiger partial charge in [-0.1, -0.05) is 99.1 Å². The van der Waals surface area contributed by atoms with E-state index in [0.717, 1.165) is 6.61 Å². The van der Waals surface area contributed by atoms with Gasteiger partial charge >= 0.3 is 0 Å². The van der Waals surface area contributed by atoms with E-state index in [0.29, 0.717) is 17.6 Å². The third-order valence-electron chi connectivity index (χ3n) is 5.80. The Labute approximate surface area is 154 Å². The smallest absolute Gasteiger partial charge is 0.0586 e. The second-order valence-corrected chi connectivity index (χ2v) is 13.2. The van der Waals surface area contributed by atoms with Gasteiger partial charge in [-0.05, 0) is 23.6 Å². The van der Waals surface area contributed by atoms with E-state index in [1.807, 2.05) is 0 Å². The van der Waals surface area contributed by atoms with Crippen LogP contribution in [0, 0.1) is 0 Å². The van der Waals surface area contributed by atoms with E-state index < -0.39 is 8.07 Å². The lowest BCUT2D eigenvalue weighted by molar-refractivity contribution is 0.1000. The Morgan fingerprint density at radius 3 is 2.24 bits per heavy atom. The average Bonchev–Trinajstić information content (AvgIpc) is 3.06. The van der Waals surface area contributed by atoms with Crippen molar-refractivity contribution in [2.75, 3.05) is 6.61 Å². The second kappa shape index (κ2) is 8.33. The molecular weight excluding hydrogens is 320 g/mol. The van der Waals surface area contributed by atoms with Crippen molar-refractivity contribution in [1.29, 1.82) is 0 Å². The summed E-state index contributed by atoms with van der Waals surface area (Å²) < 4.78 is 6.39. The molecule has 2 heteroatoms. The highest BCUT2D eigenvalue weighted by atomic mass is 28.3. The number of hydrogen-bond acceptors (Lipinski definition) is 1. The van der Waals surface area contributed by atoms with Crippen molar-refractivity contribution in [3.8, 4) is 0 Å². The van der Waals surface area contributed by atoms with Crippen molar-refractivity contribution in [2.24, 2.45) is 0 Å². The van der Waals surface area contributed by atoms with Gasteiger partial charge in [0.1, 0.15) is 0 Å². The Bertz CT molecular complexity index is 638. The van der Waals surface area contributed by atoms with Gasteiger partial charge < -0.3 is 4.74 Å². The Balaban J connectivity index is 1.87. The molecule has 1 fully saturated rings. The van der Waals surface area contributed by atoms with Crippen molar-refractivity contribution in [2.45, 2.75) is 62.9 Å². The second-order valence-electron chi connectivity index (χ2n) is 8.21. The first-order valence-electron chi connectivity index (χ1n) is 9.82. The normalized spacial score (nSPS) is 23.7. The van der Waals surface area contributed by atoms with E-state index in [2.05, 4.69) is 80.7 Å². The number of rotatable bonds is 7. The fourth-order valence-corrected chi connectivity index (χ4v) is 8.82. The standard InChI is InChI=1S/C23H32OSi/c1-4-5-16-22-23(21(17-24-22)20-14-10-7-11-15-20)25(2,3)18-19-12-8-6-9-13-19/h6-15,21-23H,4-5,16-18H2,1-3H3/t21?,22-,23+/m1/s1. The summed E-state index contributed by atoms with van der Waals surface area (Å²) in [5, 5.41) is 0. The lowest BCUT2D eigenvalue weighted by Gasteiger charge is -2.37. The molecule has 134 valence electrons. The van der Waals surface area contributed by atoms with E-state index in [9.17, 15) is 0 Å². The molecule has 3 rings (SSSR count). The lowest BCUT2D eigenvalue weighted by Crippen LogP contribution is -2.42. The maximum atomic E-state index is 6.39. The highest BCUT2D eigenvalue weighted by Gasteiger charge is 2.47. The molecule has 0 N–H and O–H groups in total. The Morgan fingerprint density at radius 1 is 0.960 bits per heavy atom. The van der Waals surface area contributed by atoms with Crippen LogP contribution >= 0.6 is 0 Å². The maximum Gasteiger partial charge on any atom is 0.0586 e. The zero-order chi connectivity index (χ0) is 17.7. The van der Waals surface area contributed by atoms with Crippen LogP contribution in [0.1, 0.15) is 43.2 Å². The van der Waals surface area contributed by atoms with E-state index in [1.165, 1.54) is 36.4 Å². The predicted octanol–water partition coefficient (Wildman–Crippen LogP) is 6.22. The summed E-state index contributed by atoms with van der Waals surface area (Å²) in [6.45, 7) is 8.34. The van der Waals surface area contributed by atoms with Gasteiger partial charge in [0.05, 0.1) is 20.8 Å². The van der Waals surface area contributed by atoms with Gasteiger partial charge in [-0.2, -0.15) is 0 Å². The minimum Gasteiger partial charge on any atom is -0.378 e. The first-order chi connectivity index (χ1) is 12.1. The molecule has 1 aliphatic heterocycles. The molecule has 0 saturated carbocycles. The van der Waals surface area contributed by atoms with Gasteiger partial charge in [0.25, 0.3) is 0 Å². The molecule has 1 heterocycles. The zero-order valence-corrected chi connectivity index (χ0v) is 16.9. The number of benzene rings is 2. The molecule has 1 saturated heterocycles. The van der Waals surface area contributed by atoms with Crippen LogP contribution in [-0.2, 0) is 10.8 Å². The third kappa shape index (κ3) is 4.42. The first kappa shape index (κ1) is 18.4.